The van der Waals surface area contributed by atoms with Gasteiger partial charge in [-0.05, 0) is 34.1 Å². The number of rotatable bonds is 3. The van der Waals surface area contributed by atoms with Crippen LogP contribution in [0.3, 0.4) is 0 Å². The van der Waals surface area contributed by atoms with Gasteiger partial charge in [-0.25, -0.2) is 4.39 Å². The van der Waals surface area contributed by atoms with Gasteiger partial charge in [-0.1, -0.05) is 29.8 Å². The van der Waals surface area contributed by atoms with Crippen molar-refractivity contribution in [3.63, 3.8) is 0 Å². The van der Waals surface area contributed by atoms with E-state index in [0.717, 1.165) is 5.56 Å². The zero-order valence-electron chi connectivity index (χ0n) is 9.66. The molecule has 2 rings (SSSR count). The van der Waals surface area contributed by atoms with Crippen LogP contribution >= 0.6 is 27.5 Å². The van der Waals surface area contributed by atoms with Crippen molar-refractivity contribution in [3.05, 3.63) is 62.8 Å². The predicted molar refractivity (Wildman–Crippen MR) is 74.6 cm³/mol. The minimum absolute atomic E-state index is 0.0748. The van der Waals surface area contributed by atoms with Crippen LogP contribution in [0.25, 0.3) is 0 Å². The lowest BCUT2D eigenvalue weighted by Crippen LogP contribution is -1.99. The van der Waals surface area contributed by atoms with Crippen LogP contribution < -0.4 is 4.74 Å². The average molecular weight is 341 g/mol. The first-order chi connectivity index (χ1) is 9.13. The molecule has 0 radical (unpaired) electrons. The molecule has 0 aliphatic carbocycles. The Balaban J connectivity index is 2.20. The number of nitriles is 1. The van der Waals surface area contributed by atoms with Gasteiger partial charge in [0.05, 0.1) is 10.0 Å². The number of benzene rings is 2. The largest absolute Gasteiger partial charge is 0.486 e. The van der Waals surface area contributed by atoms with E-state index in [1.54, 1.807) is 12.1 Å². The standard InChI is InChI=1S/C14H8BrClFNO/c15-13-9(7-18)5-6-12(14(13)17)19-8-10-3-1-2-4-11(10)16/h1-6H,8H2. The highest BCUT2D eigenvalue weighted by Crippen LogP contribution is 2.29. The lowest BCUT2D eigenvalue weighted by Gasteiger charge is -2.09. The van der Waals surface area contributed by atoms with E-state index in [-0.39, 0.29) is 22.4 Å². The summed E-state index contributed by atoms with van der Waals surface area (Å²) in [6.07, 6.45) is 0. The van der Waals surface area contributed by atoms with E-state index in [1.165, 1.54) is 12.1 Å². The van der Waals surface area contributed by atoms with Crippen molar-refractivity contribution in [1.82, 2.24) is 0 Å². The molecule has 0 bridgehead atoms. The molecule has 96 valence electrons. The molecular weight excluding hydrogens is 333 g/mol. The highest BCUT2D eigenvalue weighted by Gasteiger charge is 2.12. The zero-order chi connectivity index (χ0) is 13.8. The first-order valence-corrected chi connectivity index (χ1v) is 6.55. The molecule has 0 atom stereocenters. The van der Waals surface area contributed by atoms with Crippen LogP contribution in [0.15, 0.2) is 40.9 Å². The second-order valence-electron chi connectivity index (χ2n) is 3.73. The van der Waals surface area contributed by atoms with Crippen molar-refractivity contribution >= 4 is 27.5 Å². The Morgan fingerprint density at radius 2 is 2.00 bits per heavy atom. The summed E-state index contributed by atoms with van der Waals surface area (Å²) in [6.45, 7) is 0.162. The Morgan fingerprint density at radius 1 is 1.26 bits per heavy atom. The molecule has 0 aliphatic rings. The molecule has 0 unspecified atom stereocenters. The van der Waals surface area contributed by atoms with E-state index < -0.39 is 5.82 Å². The van der Waals surface area contributed by atoms with E-state index in [4.69, 9.17) is 21.6 Å². The molecule has 0 heterocycles. The molecule has 0 saturated heterocycles. The first kappa shape index (κ1) is 13.9. The Bertz CT molecular complexity index is 654. The molecule has 5 heteroatoms. The number of hydrogen-bond acceptors (Lipinski definition) is 2. The normalized spacial score (nSPS) is 10.0. The molecule has 0 aliphatic heterocycles. The van der Waals surface area contributed by atoms with Gasteiger partial charge >= 0.3 is 0 Å². The smallest absolute Gasteiger partial charge is 0.180 e. The summed E-state index contributed by atoms with van der Waals surface area (Å²) in [7, 11) is 0. The van der Waals surface area contributed by atoms with E-state index in [1.807, 2.05) is 18.2 Å². The van der Waals surface area contributed by atoms with Crippen LogP contribution in [0.5, 0.6) is 5.75 Å². The zero-order valence-corrected chi connectivity index (χ0v) is 12.0. The van der Waals surface area contributed by atoms with E-state index in [0.29, 0.717) is 5.02 Å². The molecule has 2 aromatic rings. The summed E-state index contributed by atoms with van der Waals surface area (Å²) >= 11 is 9.01. The quantitative estimate of drug-likeness (QED) is 0.812. The molecule has 19 heavy (non-hydrogen) atoms. The average Bonchev–Trinajstić information content (AvgIpc) is 2.42. The highest BCUT2D eigenvalue weighted by atomic mass is 79.9. The minimum atomic E-state index is -0.592. The van der Waals surface area contributed by atoms with Gasteiger partial charge in [0.25, 0.3) is 0 Å². The van der Waals surface area contributed by atoms with Gasteiger partial charge in [0.15, 0.2) is 11.6 Å². The fourth-order valence-corrected chi connectivity index (χ4v) is 2.11. The third-order valence-corrected chi connectivity index (χ3v) is 3.65. The Hall–Kier alpha value is -1.57. The molecule has 0 saturated carbocycles. The van der Waals surface area contributed by atoms with Crippen molar-refractivity contribution in [2.45, 2.75) is 6.61 Å². The molecule has 0 amide bonds. The van der Waals surface area contributed by atoms with Crippen molar-refractivity contribution in [2.24, 2.45) is 0 Å². The molecule has 0 N–H and O–H groups in total. The van der Waals surface area contributed by atoms with E-state index in [2.05, 4.69) is 15.9 Å². The maximum Gasteiger partial charge on any atom is 0.180 e. The third kappa shape index (κ3) is 3.06. The summed E-state index contributed by atoms with van der Waals surface area (Å²) in [5, 5.41) is 9.34. The number of nitrogens with zero attached hydrogens (tertiary/aromatic N) is 1. The first-order valence-electron chi connectivity index (χ1n) is 5.37. The van der Waals surface area contributed by atoms with Gasteiger partial charge in [-0.15, -0.1) is 0 Å². The summed E-state index contributed by atoms with van der Waals surface area (Å²) < 4.78 is 19.4. The summed E-state index contributed by atoms with van der Waals surface area (Å²) in [4.78, 5) is 0. The maximum atomic E-state index is 13.9. The Morgan fingerprint density at radius 3 is 2.68 bits per heavy atom. The topological polar surface area (TPSA) is 33.0 Å². The molecule has 0 spiro atoms. The SMILES string of the molecule is N#Cc1ccc(OCc2ccccc2Cl)c(F)c1Br. The van der Waals surface area contributed by atoms with Crippen molar-refractivity contribution in [2.75, 3.05) is 0 Å². The molecular formula is C14H8BrClFNO. The van der Waals surface area contributed by atoms with Gasteiger partial charge in [0.1, 0.15) is 12.7 Å². The van der Waals surface area contributed by atoms with E-state index in [9.17, 15) is 4.39 Å². The number of hydrogen-bond donors (Lipinski definition) is 0. The molecule has 0 aromatic heterocycles. The Labute approximate surface area is 123 Å². The summed E-state index contributed by atoms with van der Waals surface area (Å²) in [5.74, 6) is -0.517. The van der Waals surface area contributed by atoms with Crippen LogP contribution in [-0.2, 0) is 6.61 Å². The molecule has 0 fully saturated rings. The second kappa shape index (κ2) is 6.05. The minimum Gasteiger partial charge on any atom is -0.486 e. The van der Waals surface area contributed by atoms with Gasteiger partial charge < -0.3 is 4.74 Å². The molecule has 2 nitrogen and oxygen atoms in total. The van der Waals surface area contributed by atoms with Crippen molar-refractivity contribution in [1.29, 1.82) is 5.26 Å². The van der Waals surface area contributed by atoms with Crippen LogP contribution in [0, 0.1) is 17.1 Å². The van der Waals surface area contributed by atoms with Crippen molar-refractivity contribution in [3.8, 4) is 11.8 Å². The maximum absolute atomic E-state index is 13.9. The van der Waals surface area contributed by atoms with Gasteiger partial charge in [-0.3, -0.25) is 0 Å². The second-order valence-corrected chi connectivity index (χ2v) is 4.93. The number of ether oxygens (including phenoxy) is 1. The molecule has 2 aromatic carbocycles. The van der Waals surface area contributed by atoms with Crippen LogP contribution in [0.4, 0.5) is 4.39 Å². The van der Waals surface area contributed by atoms with Crippen LogP contribution in [0.1, 0.15) is 11.1 Å². The third-order valence-electron chi connectivity index (χ3n) is 2.51. The van der Waals surface area contributed by atoms with Crippen LogP contribution in [0.2, 0.25) is 5.02 Å². The monoisotopic (exact) mass is 339 g/mol. The van der Waals surface area contributed by atoms with Gasteiger partial charge in [0.2, 0.25) is 0 Å². The predicted octanol–water partition coefficient (Wildman–Crippen LogP) is 4.69. The van der Waals surface area contributed by atoms with Crippen molar-refractivity contribution < 1.29 is 9.13 Å². The number of halogens is 3. The summed E-state index contributed by atoms with van der Waals surface area (Å²) in [5.41, 5.74) is 0.992. The fraction of sp³-hybridized carbons (Fsp3) is 0.0714. The fourth-order valence-electron chi connectivity index (χ4n) is 1.50. The lowest BCUT2D eigenvalue weighted by atomic mass is 10.2. The summed E-state index contributed by atoms with van der Waals surface area (Å²) in [6, 6.07) is 12.0. The van der Waals surface area contributed by atoms with Gasteiger partial charge in [-0.2, -0.15) is 5.26 Å². The van der Waals surface area contributed by atoms with Gasteiger partial charge in [0, 0.05) is 10.6 Å². The van der Waals surface area contributed by atoms with E-state index >= 15 is 0 Å². The Kier molecular flexibility index (Phi) is 4.41. The lowest BCUT2D eigenvalue weighted by molar-refractivity contribution is 0.289. The highest BCUT2D eigenvalue weighted by molar-refractivity contribution is 9.10. The van der Waals surface area contributed by atoms with Crippen LogP contribution in [-0.4, -0.2) is 0 Å².